The Labute approximate surface area is 235 Å². The van der Waals surface area contributed by atoms with Crippen LogP contribution in [0.25, 0.3) is 0 Å². The molecule has 40 heavy (non-hydrogen) atoms. The number of hydrogen-bond donors (Lipinski definition) is 7. The third-order valence-corrected chi connectivity index (χ3v) is 8.34. The van der Waals surface area contributed by atoms with Gasteiger partial charge in [-0.2, -0.15) is 8.42 Å². The molecule has 15 heteroatoms. The predicted molar refractivity (Wildman–Crippen MR) is 146 cm³/mol. The average Bonchev–Trinajstić information content (AvgIpc) is 3.14. The fourth-order valence-corrected chi connectivity index (χ4v) is 6.04. The zero-order chi connectivity index (χ0) is 30.6. The van der Waals surface area contributed by atoms with Gasteiger partial charge in [0.25, 0.3) is 10.1 Å². The van der Waals surface area contributed by atoms with Gasteiger partial charge in [-0.3, -0.25) is 28.5 Å². The molecule has 0 aromatic carbocycles. The maximum Gasteiger partial charge on any atom is 0.306 e. The van der Waals surface area contributed by atoms with E-state index in [-0.39, 0.29) is 56.5 Å². The Bertz CT molecular complexity index is 993. The Morgan fingerprint density at radius 2 is 1.80 bits per heavy atom. The molecule has 4 amide bonds. The van der Waals surface area contributed by atoms with Crippen molar-refractivity contribution in [2.45, 2.75) is 83.8 Å². The molecule has 0 aliphatic carbocycles. The first kappa shape index (κ1) is 35.2. The van der Waals surface area contributed by atoms with Crippen molar-refractivity contribution in [3.8, 4) is 0 Å². The molecule has 0 spiro atoms. The van der Waals surface area contributed by atoms with Gasteiger partial charge in [-0.1, -0.05) is 20.8 Å². The number of carboxylic acids is 1. The Morgan fingerprint density at radius 1 is 1.15 bits per heavy atom. The molecule has 1 fully saturated rings. The Balaban J connectivity index is 2.79. The van der Waals surface area contributed by atoms with E-state index >= 15 is 0 Å². The molecule has 0 aromatic heterocycles. The summed E-state index contributed by atoms with van der Waals surface area (Å²) < 4.78 is 31.0. The van der Waals surface area contributed by atoms with Gasteiger partial charge in [0.1, 0.15) is 0 Å². The fraction of sp³-hybridized carbons (Fsp3) is 0.800. The molecular weight excluding hydrogens is 546 g/mol. The lowest BCUT2D eigenvalue weighted by Gasteiger charge is -2.27. The highest BCUT2D eigenvalue weighted by atomic mass is 32.2. The number of primary amides is 1. The normalized spacial score (nSPS) is 21.8. The van der Waals surface area contributed by atoms with Crippen LogP contribution in [0.5, 0.6) is 0 Å². The standard InChI is InChI=1S/C25H45N5O9S/c1-4-16(24(34)28-11-14(2)12-40(37,38)39)6-17(22(27)32)8-20(29-13-31)10-19(26)7-18(25(35)36)9-21-5-15(3)23(33)30-21/h13-21H,4-12,26H2,1-3H3,(H2,27,32)(H,28,34)(H,29,31)(H,30,33)(H,35,36)(H,37,38,39). The van der Waals surface area contributed by atoms with Crippen molar-refractivity contribution >= 4 is 40.2 Å². The van der Waals surface area contributed by atoms with E-state index in [1.54, 1.807) is 20.8 Å². The van der Waals surface area contributed by atoms with E-state index in [4.69, 9.17) is 16.0 Å². The summed E-state index contributed by atoms with van der Waals surface area (Å²) in [5.41, 5.74) is 11.9. The Morgan fingerprint density at radius 3 is 2.27 bits per heavy atom. The molecule has 14 nitrogen and oxygen atoms in total. The van der Waals surface area contributed by atoms with Gasteiger partial charge in [0.15, 0.2) is 0 Å². The molecule has 1 aliphatic heterocycles. The number of rotatable bonds is 20. The SMILES string of the molecule is CCC(CC(CC(CC(N)CC(CC1CC(C)C(=O)N1)C(=O)O)NC=O)C(N)=O)C(=O)NCC(C)CS(=O)(=O)O. The predicted octanol–water partition coefficient (Wildman–Crippen LogP) is -0.628. The molecule has 0 aromatic rings. The van der Waals surface area contributed by atoms with Crippen molar-refractivity contribution in [3.05, 3.63) is 0 Å². The van der Waals surface area contributed by atoms with Crippen LogP contribution >= 0.6 is 0 Å². The van der Waals surface area contributed by atoms with Gasteiger partial charge in [-0.05, 0) is 50.9 Å². The number of hydrogen-bond acceptors (Lipinski definition) is 8. The van der Waals surface area contributed by atoms with Crippen molar-refractivity contribution in [2.75, 3.05) is 12.3 Å². The number of carbonyl (C=O) groups is 5. The molecule has 1 heterocycles. The van der Waals surface area contributed by atoms with Gasteiger partial charge in [0.2, 0.25) is 24.1 Å². The third kappa shape index (κ3) is 13.0. The number of aliphatic carboxylic acids is 1. The number of carbonyl (C=O) groups excluding carboxylic acids is 4. The molecule has 8 unspecified atom stereocenters. The van der Waals surface area contributed by atoms with E-state index in [0.29, 0.717) is 19.3 Å². The van der Waals surface area contributed by atoms with Crippen molar-refractivity contribution in [1.82, 2.24) is 16.0 Å². The first-order valence-electron chi connectivity index (χ1n) is 13.6. The van der Waals surface area contributed by atoms with Gasteiger partial charge >= 0.3 is 5.97 Å². The monoisotopic (exact) mass is 591 g/mol. The molecular formula is C25H45N5O9S. The van der Waals surface area contributed by atoms with Gasteiger partial charge in [-0.25, -0.2) is 0 Å². The van der Waals surface area contributed by atoms with E-state index in [9.17, 15) is 37.5 Å². The summed E-state index contributed by atoms with van der Waals surface area (Å²) in [7, 11) is -4.19. The van der Waals surface area contributed by atoms with Crippen LogP contribution in [-0.4, -0.2) is 78.6 Å². The molecule has 1 aliphatic rings. The zero-order valence-corrected chi connectivity index (χ0v) is 24.2. The molecule has 0 bridgehead atoms. The third-order valence-electron chi connectivity index (χ3n) is 7.35. The maximum atomic E-state index is 12.7. The minimum atomic E-state index is -4.19. The highest BCUT2D eigenvalue weighted by Crippen LogP contribution is 2.26. The lowest BCUT2D eigenvalue weighted by atomic mass is 9.84. The fourth-order valence-electron chi connectivity index (χ4n) is 5.20. The van der Waals surface area contributed by atoms with Crippen molar-refractivity contribution in [3.63, 3.8) is 0 Å². The zero-order valence-electron chi connectivity index (χ0n) is 23.4. The van der Waals surface area contributed by atoms with E-state index in [0.717, 1.165) is 0 Å². The van der Waals surface area contributed by atoms with Crippen LogP contribution in [0.2, 0.25) is 0 Å². The quantitative estimate of drug-likeness (QED) is 0.0697. The van der Waals surface area contributed by atoms with Gasteiger partial charge in [0.05, 0.1) is 11.7 Å². The molecule has 8 atom stereocenters. The number of nitrogens with two attached hydrogens (primary N) is 2. The van der Waals surface area contributed by atoms with Crippen LogP contribution in [0.3, 0.4) is 0 Å². The maximum absolute atomic E-state index is 12.7. The second-order valence-electron chi connectivity index (χ2n) is 11.1. The number of amides is 4. The van der Waals surface area contributed by atoms with E-state index in [1.165, 1.54) is 0 Å². The summed E-state index contributed by atoms with van der Waals surface area (Å²) in [6, 6.07) is -1.51. The highest BCUT2D eigenvalue weighted by Gasteiger charge is 2.34. The first-order chi connectivity index (χ1) is 18.6. The number of carboxylic acid groups (broad SMARTS) is 1. The lowest BCUT2D eigenvalue weighted by Crippen LogP contribution is -2.42. The summed E-state index contributed by atoms with van der Waals surface area (Å²) in [5.74, 6) is -5.70. The first-order valence-corrected chi connectivity index (χ1v) is 15.2. The number of nitrogens with one attached hydrogen (secondary N) is 3. The summed E-state index contributed by atoms with van der Waals surface area (Å²) in [5, 5.41) is 17.7. The van der Waals surface area contributed by atoms with E-state index in [1.807, 2.05) is 0 Å². The van der Waals surface area contributed by atoms with E-state index < -0.39 is 69.4 Å². The van der Waals surface area contributed by atoms with Gasteiger partial charge < -0.3 is 32.5 Å². The lowest BCUT2D eigenvalue weighted by molar-refractivity contribution is -0.142. The van der Waals surface area contributed by atoms with Crippen molar-refractivity contribution in [1.29, 1.82) is 0 Å². The van der Waals surface area contributed by atoms with Gasteiger partial charge in [0, 0.05) is 42.4 Å². The average molecular weight is 592 g/mol. The van der Waals surface area contributed by atoms with Crippen molar-refractivity contribution < 1.29 is 42.0 Å². The molecule has 1 saturated heterocycles. The van der Waals surface area contributed by atoms with Crippen LogP contribution in [0.4, 0.5) is 0 Å². The second kappa shape index (κ2) is 16.5. The van der Waals surface area contributed by atoms with Crippen LogP contribution in [0.1, 0.15) is 65.7 Å². The topological polar surface area (TPSA) is 248 Å². The van der Waals surface area contributed by atoms with E-state index in [2.05, 4.69) is 16.0 Å². The van der Waals surface area contributed by atoms with Crippen LogP contribution in [0.15, 0.2) is 0 Å². The highest BCUT2D eigenvalue weighted by molar-refractivity contribution is 7.85. The summed E-state index contributed by atoms with van der Waals surface area (Å²) in [6.07, 6.45) is 2.01. The van der Waals surface area contributed by atoms with Crippen LogP contribution < -0.4 is 27.4 Å². The largest absolute Gasteiger partial charge is 0.481 e. The molecule has 0 radical (unpaired) electrons. The second-order valence-corrected chi connectivity index (χ2v) is 12.6. The Hall–Kier alpha value is -2.78. The minimum absolute atomic E-state index is 0.00866. The summed E-state index contributed by atoms with van der Waals surface area (Å²) in [4.78, 5) is 59.9. The Kier molecular flexibility index (Phi) is 14.5. The minimum Gasteiger partial charge on any atom is -0.481 e. The van der Waals surface area contributed by atoms with Gasteiger partial charge in [-0.15, -0.1) is 0 Å². The molecule has 0 saturated carbocycles. The molecule has 1 rings (SSSR count). The summed E-state index contributed by atoms with van der Waals surface area (Å²) >= 11 is 0. The molecule has 230 valence electrons. The van der Waals surface area contributed by atoms with Crippen molar-refractivity contribution in [2.24, 2.45) is 41.1 Å². The molecule has 9 N–H and O–H groups in total. The smallest absolute Gasteiger partial charge is 0.306 e. The summed E-state index contributed by atoms with van der Waals surface area (Å²) in [6.45, 7) is 5.09. The van der Waals surface area contributed by atoms with Crippen LogP contribution in [0, 0.1) is 29.6 Å². The van der Waals surface area contributed by atoms with Crippen LogP contribution in [-0.2, 0) is 34.1 Å².